The first-order valence-electron chi connectivity index (χ1n) is 3.42. The van der Waals surface area contributed by atoms with Crippen LogP contribution in [0.1, 0.15) is 27.2 Å². The van der Waals surface area contributed by atoms with Crippen LogP contribution in [0.25, 0.3) is 0 Å². The van der Waals surface area contributed by atoms with Gasteiger partial charge in [-0.2, -0.15) is 0 Å². The third kappa shape index (κ3) is 3.72. The van der Waals surface area contributed by atoms with E-state index in [-0.39, 0.29) is 5.54 Å². The molecule has 3 heteroatoms. The summed E-state index contributed by atoms with van der Waals surface area (Å²) in [4.78, 5) is 3.79. The third-order valence-electron chi connectivity index (χ3n) is 1.52. The van der Waals surface area contributed by atoms with Gasteiger partial charge in [-0.1, -0.05) is 6.92 Å². The van der Waals surface area contributed by atoms with Crippen LogP contribution in [-0.2, 0) is 0 Å². The van der Waals surface area contributed by atoms with Gasteiger partial charge in [-0.3, -0.25) is 4.99 Å². The molecule has 0 fully saturated rings. The Morgan fingerprint density at radius 1 is 1.60 bits per heavy atom. The molecule has 0 aromatic rings. The van der Waals surface area contributed by atoms with Crippen LogP contribution in [0.15, 0.2) is 4.99 Å². The topological polar surface area (TPSA) is 24.4 Å². The molecule has 10 heavy (non-hydrogen) atoms. The monoisotopic (exact) mass is 162 g/mol. The first kappa shape index (κ1) is 9.76. The molecular weight excluding hydrogens is 148 g/mol. The van der Waals surface area contributed by atoms with Gasteiger partial charge in [0, 0.05) is 12.6 Å². The van der Waals surface area contributed by atoms with Crippen molar-refractivity contribution in [2.45, 2.75) is 32.7 Å². The number of amidine groups is 1. The first-order valence-corrected chi connectivity index (χ1v) is 3.80. The molecule has 2 nitrogen and oxygen atoms in total. The summed E-state index contributed by atoms with van der Waals surface area (Å²) in [5.41, 5.74) is 0.0522. The van der Waals surface area contributed by atoms with Crippen molar-refractivity contribution in [1.82, 2.24) is 5.32 Å². The van der Waals surface area contributed by atoms with Crippen LogP contribution < -0.4 is 5.32 Å². The zero-order valence-corrected chi connectivity index (χ0v) is 7.79. The molecule has 1 N–H and O–H groups in total. The average Bonchev–Trinajstić information content (AvgIpc) is 1.87. The maximum absolute atomic E-state index is 5.67. The van der Waals surface area contributed by atoms with E-state index >= 15 is 0 Å². The van der Waals surface area contributed by atoms with Crippen LogP contribution in [0, 0.1) is 0 Å². The summed E-state index contributed by atoms with van der Waals surface area (Å²) < 4.78 is 0. The van der Waals surface area contributed by atoms with Gasteiger partial charge in [-0.25, -0.2) is 0 Å². The van der Waals surface area contributed by atoms with E-state index in [2.05, 4.69) is 31.1 Å². The van der Waals surface area contributed by atoms with Crippen molar-refractivity contribution in [1.29, 1.82) is 0 Å². The summed E-state index contributed by atoms with van der Waals surface area (Å²) in [6.45, 7) is 6.27. The number of hydrogen-bond donors (Lipinski definition) is 1. The summed E-state index contributed by atoms with van der Waals surface area (Å²) in [6, 6.07) is 0. The maximum atomic E-state index is 5.67. The first-order chi connectivity index (χ1) is 4.52. The molecule has 0 aliphatic heterocycles. The van der Waals surface area contributed by atoms with Gasteiger partial charge < -0.3 is 5.32 Å². The Morgan fingerprint density at radius 2 is 2.10 bits per heavy atom. The molecule has 0 aromatic heterocycles. The summed E-state index contributed by atoms with van der Waals surface area (Å²) in [5, 5.41) is 3.55. The zero-order chi connectivity index (χ0) is 8.20. The van der Waals surface area contributed by atoms with E-state index in [9.17, 15) is 0 Å². The molecule has 0 spiro atoms. The van der Waals surface area contributed by atoms with E-state index in [1.165, 1.54) is 0 Å². The Bertz CT molecular complexity index is 130. The number of aliphatic imine (C=N–C) groups is 1. The van der Waals surface area contributed by atoms with Crippen LogP contribution in [-0.4, -0.2) is 17.9 Å². The van der Waals surface area contributed by atoms with E-state index in [1.54, 1.807) is 7.05 Å². The minimum Gasteiger partial charge on any atom is -0.356 e. The highest BCUT2D eigenvalue weighted by Gasteiger charge is 2.14. The predicted octanol–water partition coefficient (Wildman–Crippen LogP) is 1.99. The van der Waals surface area contributed by atoms with Gasteiger partial charge in [0.05, 0.1) is 0 Å². The van der Waals surface area contributed by atoms with Crippen LogP contribution in [0.2, 0.25) is 0 Å². The lowest BCUT2D eigenvalue weighted by molar-refractivity contribution is 0.448. The molecule has 0 atom stereocenters. The number of nitrogens with zero attached hydrogens (tertiary/aromatic N) is 1. The SMILES string of the molecule is CCC(C)(C)NC(Cl)=NC. The molecule has 0 saturated carbocycles. The Balaban J connectivity index is 3.88. The summed E-state index contributed by atoms with van der Waals surface area (Å²) >= 11 is 5.67. The van der Waals surface area contributed by atoms with E-state index < -0.39 is 0 Å². The number of halogens is 1. The summed E-state index contributed by atoms with van der Waals surface area (Å²) in [7, 11) is 1.67. The van der Waals surface area contributed by atoms with Gasteiger partial charge >= 0.3 is 0 Å². The lowest BCUT2D eigenvalue weighted by Gasteiger charge is -2.24. The molecule has 0 rings (SSSR count). The van der Waals surface area contributed by atoms with Crippen molar-refractivity contribution in [3.05, 3.63) is 0 Å². The number of nitrogens with one attached hydrogen (secondary N) is 1. The van der Waals surface area contributed by atoms with E-state index in [4.69, 9.17) is 11.6 Å². The van der Waals surface area contributed by atoms with E-state index in [0.717, 1.165) is 6.42 Å². The third-order valence-corrected chi connectivity index (χ3v) is 1.79. The molecule has 0 aliphatic carbocycles. The highest BCUT2D eigenvalue weighted by atomic mass is 35.5. The van der Waals surface area contributed by atoms with Crippen LogP contribution >= 0.6 is 11.6 Å². The van der Waals surface area contributed by atoms with Gasteiger partial charge in [0.2, 0.25) is 0 Å². The largest absolute Gasteiger partial charge is 0.356 e. The molecule has 60 valence electrons. The van der Waals surface area contributed by atoms with E-state index in [1.807, 2.05) is 0 Å². The lowest BCUT2D eigenvalue weighted by atomic mass is 10.0. The standard InChI is InChI=1S/C7H15ClN2/c1-5-7(2,3)10-6(8)9-4/h5H2,1-4H3,(H,9,10). The molecule has 0 aromatic carbocycles. The summed E-state index contributed by atoms with van der Waals surface area (Å²) in [5.74, 6) is 0. The van der Waals surface area contributed by atoms with Gasteiger partial charge in [0.1, 0.15) is 0 Å². The Hall–Kier alpha value is -0.240. The molecule has 0 heterocycles. The second-order valence-corrected chi connectivity index (χ2v) is 3.23. The van der Waals surface area contributed by atoms with E-state index in [0.29, 0.717) is 5.29 Å². The van der Waals surface area contributed by atoms with Crippen molar-refractivity contribution >= 4 is 16.9 Å². The summed E-state index contributed by atoms with van der Waals surface area (Å²) in [6.07, 6.45) is 1.03. The second-order valence-electron chi connectivity index (χ2n) is 2.88. The minimum atomic E-state index is 0.0522. The average molecular weight is 163 g/mol. The van der Waals surface area contributed by atoms with Crippen LogP contribution in [0.3, 0.4) is 0 Å². The maximum Gasteiger partial charge on any atom is 0.191 e. The van der Waals surface area contributed by atoms with Crippen molar-refractivity contribution in [3.63, 3.8) is 0 Å². The zero-order valence-electron chi connectivity index (χ0n) is 7.03. The number of hydrogen-bond acceptors (Lipinski definition) is 1. The van der Waals surface area contributed by atoms with Gasteiger partial charge in [0.15, 0.2) is 5.29 Å². The highest BCUT2D eigenvalue weighted by molar-refractivity contribution is 6.64. The van der Waals surface area contributed by atoms with Crippen LogP contribution in [0.5, 0.6) is 0 Å². The molecule has 0 saturated heterocycles. The van der Waals surface area contributed by atoms with Crippen molar-refractivity contribution in [3.8, 4) is 0 Å². The van der Waals surface area contributed by atoms with Gasteiger partial charge in [0.25, 0.3) is 0 Å². The normalized spacial score (nSPS) is 13.5. The highest BCUT2D eigenvalue weighted by Crippen LogP contribution is 2.07. The van der Waals surface area contributed by atoms with Crippen molar-refractivity contribution < 1.29 is 0 Å². The Morgan fingerprint density at radius 3 is 2.40 bits per heavy atom. The fourth-order valence-electron chi connectivity index (χ4n) is 0.424. The van der Waals surface area contributed by atoms with Gasteiger partial charge in [-0.15, -0.1) is 0 Å². The van der Waals surface area contributed by atoms with Crippen molar-refractivity contribution in [2.24, 2.45) is 4.99 Å². The smallest absolute Gasteiger partial charge is 0.191 e. The fraction of sp³-hybridized carbons (Fsp3) is 0.857. The number of rotatable bonds is 2. The molecule has 0 unspecified atom stereocenters. The predicted molar refractivity (Wildman–Crippen MR) is 46.7 cm³/mol. The quantitative estimate of drug-likeness (QED) is 0.375. The minimum absolute atomic E-state index is 0.0522. The Kier molecular flexibility index (Phi) is 3.72. The van der Waals surface area contributed by atoms with Crippen molar-refractivity contribution in [2.75, 3.05) is 7.05 Å². The fourth-order valence-corrected chi connectivity index (χ4v) is 0.679. The van der Waals surface area contributed by atoms with Gasteiger partial charge in [-0.05, 0) is 31.9 Å². The molecule has 0 radical (unpaired) electrons. The molecule has 0 bridgehead atoms. The molecule has 0 amide bonds. The van der Waals surface area contributed by atoms with Crippen LogP contribution in [0.4, 0.5) is 0 Å². The molecule has 0 aliphatic rings. The lowest BCUT2D eigenvalue weighted by Crippen LogP contribution is -2.40. The molecular formula is C7H15ClN2. The Labute approximate surface area is 67.7 Å². The second kappa shape index (κ2) is 3.81.